The average molecular weight is 331 g/mol. The smallest absolute Gasteiger partial charge is 0.253 e. The van der Waals surface area contributed by atoms with E-state index in [9.17, 15) is 4.79 Å². The van der Waals surface area contributed by atoms with Gasteiger partial charge in [0.1, 0.15) is 0 Å². The van der Waals surface area contributed by atoms with Crippen LogP contribution in [0.3, 0.4) is 0 Å². The SMILES string of the molecule is CN(C)c1cccc(C(=O)N2CCCN(C3CCOCC3)CC2)c1. The second kappa shape index (κ2) is 7.99. The van der Waals surface area contributed by atoms with Crippen molar-refractivity contribution in [2.75, 3.05) is 58.4 Å². The Morgan fingerprint density at radius 1 is 1.12 bits per heavy atom. The van der Waals surface area contributed by atoms with Crippen molar-refractivity contribution in [1.82, 2.24) is 9.80 Å². The summed E-state index contributed by atoms with van der Waals surface area (Å²) in [5, 5.41) is 0. The molecule has 0 saturated carbocycles. The molecule has 132 valence electrons. The van der Waals surface area contributed by atoms with E-state index in [1.165, 1.54) is 0 Å². The quantitative estimate of drug-likeness (QED) is 0.850. The number of amides is 1. The summed E-state index contributed by atoms with van der Waals surface area (Å²) >= 11 is 0. The van der Waals surface area contributed by atoms with Gasteiger partial charge in [-0.15, -0.1) is 0 Å². The Morgan fingerprint density at radius 2 is 1.92 bits per heavy atom. The van der Waals surface area contributed by atoms with E-state index in [1.807, 2.05) is 48.2 Å². The van der Waals surface area contributed by atoms with Gasteiger partial charge in [0, 0.05) is 70.8 Å². The lowest BCUT2D eigenvalue weighted by Crippen LogP contribution is -2.42. The van der Waals surface area contributed by atoms with Crippen LogP contribution in [0.5, 0.6) is 0 Å². The number of carbonyl (C=O) groups is 1. The summed E-state index contributed by atoms with van der Waals surface area (Å²) in [5.74, 6) is 0.160. The van der Waals surface area contributed by atoms with E-state index in [1.54, 1.807) is 0 Å². The van der Waals surface area contributed by atoms with E-state index < -0.39 is 0 Å². The van der Waals surface area contributed by atoms with E-state index in [0.717, 1.165) is 69.9 Å². The first-order valence-electron chi connectivity index (χ1n) is 9.03. The first kappa shape index (κ1) is 17.2. The number of hydrogen-bond donors (Lipinski definition) is 0. The predicted molar refractivity (Wildman–Crippen MR) is 96.7 cm³/mol. The number of hydrogen-bond acceptors (Lipinski definition) is 4. The zero-order valence-corrected chi connectivity index (χ0v) is 14.9. The second-order valence-electron chi connectivity index (χ2n) is 6.97. The van der Waals surface area contributed by atoms with Crippen LogP contribution >= 0.6 is 0 Å². The number of benzene rings is 1. The minimum Gasteiger partial charge on any atom is -0.381 e. The maximum absolute atomic E-state index is 12.9. The van der Waals surface area contributed by atoms with Crippen LogP contribution in [0.4, 0.5) is 5.69 Å². The molecule has 1 amide bonds. The maximum Gasteiger partial charge on any atom is 0.253 e. The number of rotatable bonds is 3. The third kappa shape index (κ3) is 4.08. The molecular weight excluding hydrogens is 302 g/mol. The molecule has 1 aromatic rings. The number of anilines is 1. The van der Waals surface area contributed by atoms with Crippen molar-refractivity contribution >= 4 is 11.6 Å². The molecule has 5 heteroatoms. The van der Waals surface area contributed by atoms with Crippen LogP contribution < -0.4 is 4.90 Å². The zero-order valence-electron chi connectivity index (χ0n) is 14.9. The third-order valence-electron chi connectivity index (χ3n) is 5.13. The fourth-order valence-electron chi connectivity index (χ4n) is 3.66. The molecule has 0 aliphatic carbocycles. The predicted octanol–water partition coefficient (Wildman–Crippen LogP) is 2.08. The van der Waals surface area contributed by atoms with Gasteiger partial charge in [0.25, 0.3) is 5.91 Å². The highest BCUT2D eigenvalue weighted by Gasteiger charge is 2.26. The van der Waals surface area contributed by atoms with Crippen molar-refractivity contribution in [3.63, 3.8) is 0 Å². The van der Waals surface area contributed by atoms with Gasteiger partial charge in [-0.25, -0.2) is 0 Å². The summed E-state index contributed by atoms with van der Waals surface area (Å²) in [7, 11) is 4.00. The molecule has 1 aromatic carbocycles. The highest BCUT2D eigenvalue weighted by Crippen LogP contribution is 2.19. The average Bonchev–Trinajstić information content (AvgIpc) is 2.88. The van der Waals surface area contributed by atoms with Crippen LogP contribution in [0.1, 0.15) is 29.6 Å². The highest BCUT2D eigenvalue weighted by molar-refractivity contribution is 5.95. The molecular formula is C19H29N3O2. The molecule has 0 unspecified atom stereocenters. The zero-order chi connectivity index (χ0) is 16.9. The molecule has 0 radical (unpaired) electrons. The van der Waals surface area contributed by atoms with Crippen molar-refractivity contribution in [2.24, 2.45) is 0 Å². The Hall–Kier alpha value is -1.59. The Balaban J connectivity index is 1.63. The second-order valence-corrected chi connectivity index (χ2v) is 6.97. The fraction of sp³-hybridized carbons (Fsp3) is 0.632. The summed E-state index contributed by atoms with van der Waals surface area (Å²) in [6.07, 6.45) is 3.30. The topological polar surface area (TPSA) is 36.0 Å². The molecule has 3 rings (SSSR count). The lowest BCUT2D eigenvalue weighted by Gasteiger charge is -2.33. The minimum atomic E-state index is 0.160. The van der Waals surface area contributed by atoms with Crippen LogP contribution in [-0.4, -0.2) is 75.2 Å². The van der Waals surface area contributed by atoms with E-state index in [-0.39, 0.29) is 5.91 Å². The summed E-state index contributed by atoms with van der Waals surface area (Å²) in [5.41, 5.74) is 1.86. The summed E-state index contributed by atoms with van der Waals surface area (Å²) in [6, 6.07) is 8.55. The van der Waals surface area contributed by atoms with Crippen molar-refractivity contribution in [2.45, 2.75) is 25.3 Å². The van der Waals surface area contributed by atoms with Crippen LogP contribution in [0, 0.1) is 0 Å². The Bertz CT molecular complexity index is 555. The molecule has 5 nitrogen and oxygen atoms in total. The molecule has 2 fully saturated rings. The number of nitrogens with zero attached hydrogens (tertiary/aromatic N) is 3. The van der Waals surface area contributed by atoms with Gasteiger partial charge in [-0.2, -0.15) is 0 Å². The van der Waals surface area contributed by atoms with Crippen molar-refractivity contribution < 1.29 is 9.53 Å². The molecule has 0 atom stereocenters. The fourth-order valence-corrected chi connectivity index (χ4v) is 3.66. The molecule has 0 bridgehead atoms. The number of carbonyl (C=O) groups excluding carboxylic acids is 1. The Morgan fingerprint density at radius 3 is 2.67 bits per heavy atom. The Kier molecular flexibility index (Phi) is 5.74. The summed E-state index contributed by atoms with van der Waals surface area (Å²) < 4.78 is 5.47. The van der Waals surface area contributed by atoms with Gasteiger partial charge in [-0.1, -0.05) is 6.07 Å². The molecule has 2 saturated heterocycles. The Labute approximate surface area is 145 Å². The van der Waals surface area contributed by atoms with Gasteiger partial charge >= 0.3 is 0 Å². The van der Waals surface area contributed by atoms with Crippen molar-refractivity contribution in [3.05, 3.63) is 29.8 Å². The van der Waals surface area contributed by atoms with E-state index >= 15 is 0 Å². The molecule has 0 aromatic heterocycles. The molecule has 2 heterocycles. The first-order chi connectivity index (χ1) is 11.6. The standard InChI is InChI=1S/C19H29N3O2/c1-20(2)18-6-3-5-16(15-18)19(23)22-10-4-9-21(11-12-22)17-7-13-24-14-8-17/h3,5-6,15,17H,4,7-14H2,1-2H3. The molecule has 2 aliphatic heterocycles. The van der Waals surface area contributed by atoms with Gasteiger partial charge < -0.3 is 14.5 Å². The molecule has 2 aliphatic rings. The first-order valence-corrected chi connectivity index (χ1v) is 9.03. The van der Waals surface area contributed by atoms with Crippen LogP contribution in [0.15, 0.2) is 24.3 Å². The van der Waals surface area contributed by atoms with E-state index in [0.29, 0.717) is 6.04 Å². The molecule has 0 N–H and O–H groups in total. The minimum absolute atomic E-state index is 0.160. The van der Waals surface area contributed by atoms with Crippen molar-refractivity contribution in [1.29, 1.82) is 0 Å². The molecule has 0 spiro atoms. The van der Waals surface area contributed by atoms with Crippen LogP contribution in [0.2, 0.25) is 0 Å². The normalized spacial score (nSPS) is 20.7. The number of ether oxygens (including phenoxy) is 1. The van der Waals surface area contributed by atoms with Gasteiger partial charge in [0.05, 0.1) is 0 Å². The summed E-state index contributed by atoms with van der Waals surface area (Å²) in [6.45, 7) is 5.49. The highest BCUT2D eigenvalue weighted by atomic mass is 16.5. The van der Waals surface area contributed by atoms with Gasteiger partial charge in [-0.3, -0.25) is 9.69 Å². The van der Waals surface area contributed by atoms with Crippen molar-refractivity contribution in [3.8, 4) is 0 Å². The van der Waals surface area contributed by atoms with Crippen LogP contribution in [-0.2, 0) is 4.74 Å². The van der Waals surface area contributed by atoms with Gasteiger partial charge in [-0.05, 0) is 37.5 Å². The lowest BCUT2D eigenvalue weighted by molar-refractivity contribution is 0.0351. The van der Waals surface area contributed by atoms with E-state index in [4.69, 9.17) is 4.74 Å². The van der Waals surface area contributed by atoms with Crippen LogP contribution in [0.25, 0.3) is 0 Å². The summed E-state index contributed by atoms with van der Waals surface area (Å²) in [4.78, 5) is 19.5. The van der Waals surface area contributed by atoms with E-state index in [2.05, 4.69) is 4.90 Å². The largest absolute Gasteiger partial charge is 0.381 e. The maximum atomic E-state index is 12.9. The molecule has 24 heavy (non-hydrogen) atoms. The third-order valence-corrected chi connectivity index (χ3v) is 5.13. The van der Waals surface area contributed by atoms with Gasteiger partial charge in [0.2, 0.25) is 0 Å². The monoisotopic (exact) mass is 331 g/mol. The lowest BCUT2D eigenvalue weighted by atomic mass is 10.1. The van der Waals surface area contributed by atoms with Gasteiger partial charge in [0.15, 0.2) is 0 Å².